The number of hydrogen-bond acceptors (Lipinski definition) is 4. The molecule has 0 aromatic heterocycles. The van der Waals surface area contributed by atoms with Crippen molar-refractivity contribution < 1.29 is 13.2 Å². The molecule has 3 aromatic carbocycles. The Kier molecular flexibility index (Phi) is 8.94. The number of carbonyl (C=O) groups is 1. The van der Waals surface area contributed by atoms with Gasteiger partial charge in [-0.1, -0.05) is 66.5 Å². The molecule has 0 radical (unpaired) electrons. The van der Waals surface area contributed by atoms with Gasteiger partial charge in [0.05, 0.1) is 47.6 Å². The molecule has 4 atom stereocenters. The molecule has 0 N–H and O–H groups in total. The highest BCUT2D eigenvalue weighted by Crippen LogP contribution is 2.54. The van der Waals surface area contributed by atoms with Crippen LogP contribution in [0.1, 0.15) is 61.3 Å². The number of hydrogen-bond donors (Lipinski definition) is 0. The van der Waals surface area contributed by atoms with Crippen molar-refractivity contribution in [1.29, 1.82) is 5.26 Å². The molecule has 6 nitrogen and oxygen atoms in total. The standard InChI is InChI=1S/C34H35Cl2N3O3S/c1-4-17-34(2)20-30(26-8-6-9-28(36)19-26)32(25-13-15-27(35)16-14-25)39(33(34)40)31(24-11-12-24)22-38(43(3,41)42)29-10-5-7-23(18-29)21-37/h4-10,13-16,18-19,24,30-32H,1,11-12,17,20,22H2,2-3H3/t30-,31?,32-,34+/m1/s1. The molecular weight excluding hydrogens is 601 g/mol. The lowest BCUT2D eigenvalue weighted by Crippen LogP contribution is -2.59. The molecular formula is C34H35Cl2N3O3S. The van der Waals surface area contributed by atoms with Crippen molar-refractivity contribution in [1.82, 2.24) is 4.90 Å². The highest BCUT2D eigenvalue weighted by molar-refractivity contribution is 7.92. The van der Waals surface area contributed by atoms with Crippen molar-refractivity contribution in [3.05, 3.63) is 112 Å². The second kappa shape index (κ2) is 12.4. The van der Waals surface area contributed by atoms with Crippen molar-refractivity contribution in [3.63, 3.8) is 0 Å². The lowest BCUT2D eigenvalue weighted by Gasteiger charge is -2.52. The van der Waals surface area contributed by atoms with Gasteiger partial charge < -0.3 is 4.90 Å². The molecule has 9 heteroatoms. The number of carbonyl (C=O) groups excluding carboxylic acids is 1. The summed E-state index contributed by atoms with van der Waals surface area (Å²) in [4.78, 5) is 16.8. The van der Waals surface area contributed by atoms with Gasteiger partial charge in [-0.25, -0.2) is 8.42 Å². The number of likely N-dealkylation sites (tertiary alicyclic amines) is 1. The van der Waals surface area contributed by atoms with E-state index in [9.17, 15) is 18.5 Å². The van der Waals surface area contributed by atoms with E-state index in [0.717, 1.165) is 24.0 Å². The first-order valence-corrected chi connectivity index (χ1v) is 17.0. The molecule has 2 aliphatic rings. The Morgan fingerprint density at radius 3 is 2.37 bits per heavy atom. The van der Waals surface area contributed by atoms with E-state index in [1.165, 1.54) is 10.6 Å². The zero-order chi connectivity index (χ0) is 30.9. The van der Waals surface area contributed by atoms with Crippen LogP contribution >= 0.6 is 23.2 Å². The number of benzene rings is 3. The maximum absolute atomic E-state index is 14.8. The summed E-state index contributed by atoms with van der Waals surface area (Å²) in [7, 11) is -3.76. The molecule has 1 saturated carbocycles. The SMILES string of the molecule is C=CC[C@@]1(C)C[C@H](c2cccc(Cl)c2)[C@@H](c2ccc(Cl)cc2)N(C(CN(c2cccc(C#N)c2)S(C)(=O)=O)C2CC2)C1=O. The van der Waals surface area contributed by atoms with Crippen LogP contribution in [0, 0.1) is 22.7 Å². The van der Waals surface area contributed by atoms with Crippen LogP contribution in [0.5, 0.6) is 0 Å². The summed E-state index contributed by atoms with van der Waals surface area (Å²) in [5, 5.41) is 10.7. The molecule has 5 rings (SSSR count). The molecule has 3 aromatic rings. The number of sulfonamides is 1. The number of anilines is 1. The minimum absolute atomic E-state index is 0.0262. The molecule has 1 saturated heterocycles. The fourth-order valence-electron chi connectivity index (χ4n) is 6.53. The van der Waals surface area contributed by atoms with Gasteiger partial charge in [0, 0.05) is 16.0 Å². The van der Waals surface area contributed by atoms with Crippen LogP contribution in [0.4, 0.5) is 5.69 Å². The average molecular weight is 637 g/mol. The number of allylic oxidation sites excluding steroid dienone is 1. The largest absolute Gasteiger partial charge is 0.329 e. The summed E-state index contributed by atoms with van der Waals surface area (Å²) in [6.45, 7) is 6.02. The van der Waals surface area contributed by atoms with E-state index in [-0.39, 0.29) is 24.3 Å². The van der Waals surface area contributed by atoms with E-state index in [1.54, 1.807) is 30.3 Å². The predicted octanol–water partition coefficient (Wildman–Crippen LogP) is 7.75. The van der Waals surface area contributed by atoms with Crippen LogP contribution in [-0.2, 0) is 14.8 Å². The first-order chi connectivity index (χ1) is 20.4. The Bertz CT molecular complexity index is 1670. The maximum atomic E-state index is 14.8. The van der Waals surface area contributed by atoms with Crippen molar-refractivity contribution in [3.8, 4) is 6.07 Å². The van der Waals surface area contributed by atoms with E-state index in [1.807, 2.05) is 60.4 Å². The maximum Gasteiger partial charge on any atom is 0.232 e. The first kappa shape index (κ1) is 31.1. The Morgan fingerprint density at radius 1 is 1.07 bits per heavy atom. The zero-order valence-corrected chi connectivity index (χ0v) is 26.6. The molecule has 1 aliphatic heterocycles. The third-order valence-corrected chi connectivity index (χ3v) is 10.4. The fourth-order valence-corrected chi connectivity index (χ4v) is 7.78. The van der Waals surface area contributed by atoms with Gasteiger partial charge in [-0.05, 0) is 85.2 Å². The van der Waals surface area contributed by atoms with Crippen molar-refractivity contribution in [2.75, 3.05) is 17.1 Å². The quantitative estimate of drug-likeness (QED) is 0.213. The summed E-state index contributed by atoms with van der Waals surface area (Å²) < 4.78 is 28.0. The predicted molar refractivity (Wildman–Crippen MR) is 173 cm³/mol. The second-order valence-corrected chi connectivity index (χ2v) is 14.8. The summed E-state index contributed by atoms with van der Waals surface area (Å²) >= 11 is 12.8. The van der Waals surface area contributed by atoms with E-state index >= 15 is 0 Å². The molecule has 0 spiro atoms. The van der Waals surface area contributed by atoms with Gasteiger partial charge in [0.25, 0.3) is 0 Å². The average Bonchev–Trinajstić information content (AvgIpc) is 3.81. The van der Waals surface area contributed by atoms with Crippen LogP contribution in [-0.4, -0.2) is 38.1 Å². The third kappa shape index (κ3) is 6.62. The zero-order valence-electron chi connectivity index (χ0n) is 24.3. The summed E-state index contributed by atoms with van der Waals surface area (Å²) in [5.74, 6) is -0.0348. The molecule has 43 heavy (non-hydrogen) atoms. The van der Waals surface area contributed by atoms with Gasteiger partial charge in [-0.2, -0.15) is 5.26 Å². The highest BCUT2D eigenvalue weighted by atomic mass is 35.5. The van der Waals surface area contributed by atoms with Gasteiger partial charge in [0.15, 0.2) is 0 Å². The molecule has 1 amide bonds. The molecule has 224 valence electrons. The molecule has 1 aliphatic carbocycles. The molecule has 1 heterocycles. The summed E-state index contributed by atoms with van der Waals surface area (Å²) in [5.41, 5.74) is 1.94. The van der Waals surface area contributed by atoms with Gasteiger partial charge >= 0.3 is 0 Å². The van der Waals surface area contributed by atoms with Crippen LogP contribution in [0.15, 0.2) is 85.5 Å². The number of rotatable bonds is 10. The van der Waals surface area contributed by atoms with E-state index in [4.69, 9.17) is 23.2 Å². The normalized spacial score (nSPS) is 23.0. The Hall–Kier alpha value is -3.31. The molecule has 0 bridgehead atoms. The van der Waals surface area contributed by atoms with Crippen molar-refractivity contribution in [2.24, 2.45) is 11.3 Å². The Labute approximate surface area is 264 Å². The van der Waals surface area contributed by atoms with Gasteiger partial charge in [0.1, 0.15) is 0 Å². The third-order valence-electron chi connectivity index (χ3n) is 8.73. The second-order valence-electron chi connectivity index (χ2n) is 12.0. The topological polar surface area (TPSA) is 81.5 Å². The number of nitriles is 1. The first-order valence-electron chi connectivity index (χ1n) is 14.4. The van der Waals surface area contributed by atoms with Gasteiger partial charge in [-0.3, -0.25) is 9.10 Å². The minimum Gasteiger partial charge on any atom is -0.329 e. The monoisotopic (exact) mass is 635 g/mol. The van der Waals surface area contributed by atoms with Crippen LogP contribution in [0.25, 0.3) is 0 Å². The van der Waals surface area contributed by atoms with E-state index in [2.05, 4.69) is 12.6 Å². The lowest BCUT2D eigenvalue weighted by molar-refractivity contribution is -0.154. The molecule has 1 unspecified atom stereocenters. The van der Waals surface area contributed by atoms with Crippen LogP contribution in [0.3, 0.4) is 0 Å². The number of nitrogens with zero attached hydrogens (tertiary/aromatic N) is 3. The summed E-state index contributed by atoms with van der Waals surface area (Å²) in [6, 6.07) is 23.2. The van der Waals surface area contributed by atoms with Crippen LogP contribution < -0.4 is 4.31 Å². The van der Waals surface area contributed by atoms with E-state index in [0.29, 0.717) is 34.1 Å². The van der Waals surface area contributed by atoms with Gasteiger partial charge in [0.2, 0.25) is 15.9 Å². The van der Waals surface area contributed by atoms with Crippen molar-refractivity contribution in [2.45, 2.75) is 50.6 Å². The summed E-state index contributed by atoms with van der Waals surface area (Å²) in [6.07, 6.45) is 5.77. The minimum atomic E-state index is -3.76. The number of amides is 1. The smallest absolute Gasteiger partial charge is 0.232 e. The highest BCUT2D eigenvalue weighted by Gasteiger charge is 2.54. The Balaban J connectivity index is 1.70. The Morgan fingerprint density at radius 2 is 1.77 bits per heavy atom. The van der Waals surface area contributed by atoms with Gasteiger partial charge in [-0.15, -0.1) is 6.58 Å². The van der Waals surface area contributed by atoms with Crippen LogP contribution in [0.2, 0.25) is 10.0 Å². The fraction of sp³-hybridized carbons (Fsp3) is 0.353. The number of piperidine rings is 1. The van der Waals surface area contributed by atoms with E-state index < -0.39 is 27.5 Å². The lowest BCUT2D eigenvalue weighted by atomic mass is 9.67. The molecule has 2 fully saturated rings. The number of halogens is 2. The van der Waals surface area contributed by atoms with Crippen molar-refractivity contribution >= 4 is 44.8 Å².